The zero-order valence-corrected chi connectivity index (χ0v) is 5.04. The Balaban J connectivity index is 3.07. The molecule has 10 heavy (non-hydrogen) atoms. The maximum absolute atomic E-state index is 12.3. The molecule has 0 radical (unpaired) electrons. The summed E-state index contributed by atoms with van der Waals surface area (Å²) in [4.78, 5) is 10.2. The van der Waals surface area contributed by atoms with Gasteiger partial charge in [0, 0.05) is 0 Å². The molecule has 0 unspecified atom stereocenters. The molecule has 0 heterocycles. The first-order valence-electron chi connectivity index (χ1n) is 2.69. The highest BCUT2D eigenvalue weighted by Gasteiger charge is 2.01. The van der Waals surface area contributed by atoms with Gasteiger partial charge >= 0.3 is 5.97 Å². The molecule has 1 aromatic rings. The summed E-state index contributed by atoms with van der Waals surface area (Å²) in [6.07, 6.45) is 0. The molecule has 52 valence electrons. The van der Waals surface area contributed by atoms with E-state index in [1.165, 1.54) is 18.2 Å². The summed E-state index contributed by atoms with van der Waals surface area (Å²) in [5.41, 5.74) is -0.0278. The van der Waals surface area contributed by atoms with Crippen LogP contribution in [-0.4, -0.2) is 11.1 Å². The molecular weight excluding hydrogens is 134 g/mol. The molecule has 0 aliphatic heterocycles. The second kappa shape index (κ2) is 2.47. The minimum atomic E-state index is -1.11. The SMILES string of the molecule is O=C(O)c1cccc([18F])c1. The highest BCUT2D eigenvalue weighted by Crippen LogP contribution is 2.02. The summed E-state index contributed by atoms with van der Waals surface area (Å²) in [5, 5.41) is 8.34. The van der Waals surface area contributed by atoms with Crippen LogP contribution in [0.15, 0.2) is 24.3 Å². The van der Waals surface area contributed by atoms with Gasteiger partial charge in [-0.15, -0.1) is 0 Å². The fraction of sp³-hybridized carbons (Fsp3) is 0. The van der Waals surface area contributed by atoms with E-state index < -0.39 is 11.8 Å². The molecule has 0 aliphatic rings. The molecule has 0 atom stereocenters. The average molecular weight is 139 g/mol. The fourth-order valence-corrected chi connectivity index (χ4v) is 0.622. The predicted octanol–water partition coefficient (Wildman–Crippen LogP) is 1.52. The highest BCUT2D eigenvalue weighted by atomic mass is 18.2. The van der Waals surface area contributed by atoms with Gasteiger partial charge in [0.2, 0.25) is 0 Å². The largest absolute Gasteiger partial charge is 0.478 e. The van der Waals surface area contributed by atoms with Gasteiger partial charge in [0.05, 0.1) is 5.56 Å². The molecule has 0 saturated heterocycles. The molecule has 0 spiro atoms. The van der Waals surface area contributed by atoms with Crippen LogP contribution in [0, 0.1) is 5.82 Å². The Morgan fingerprint density at radius 2 is 2.20 bits per heavy atom. The third-order valence-electron chi connectivity index (χ3n) is 1.07. The number of aromatic carboxylic acids is 1. The molecule has 1 rings (SSSR count). The second-order valence-corrected chi connectivity index (χ2v) is 1.82. The lowest BCUT2D eigenvalue weighted by Crippen LogP contribution is -1.95. The van der Waals surface area contributed by atoms with Crippen molar-refractivity contribution in [1.29, 1.82) is 0 Å². The summed E-state index contributed by atoms with van der Waals surface area (Å²) >= 11 is 0. The number of hydrogen-bond acceptors (Lipinski definition) is 1. The highest BCUT2D eigenvalue weighted by molar-refractivity contribution is 5.87. The van der Waals surface area contributed by atoms with Crippen LogP contribution in [0.2, 0.25) is 0 Å². The fourth-order valence-electron chi connectivity index (χ4n) is 0.622. The Kier molecular flexibility index (Phi) is 1.67. The molecule has 1 N–H and O–H groups in total. The van der Waals surface area contributed by atoms with Crippen molar-refractivity contribution in [3.8, 4) is 0 Å². The first-order valence-corrected chi connectivity index (χ1v) is 2.69. The Hall–Kier alpha value is -1.38. The molecule has 0 bridgehead atoms. The van der Waals surface area contributed by atoms with Crippen LogP contribution in [0.4, 0.5) is 4.39 Å². The van der Waals surface area contributed by atoms with Gasteiger partial charge in [0.15, 0.2) is 0 Å². The minimum Gasteiger partial charge on any atom is -0.478 e. The maximum Gasteiger partial charge on any atom is 0.335 e. The molecule has 1 aromatic carbocycles. The minimum absolute atomic E-state index is 0.0278. The van der Waals surface area contributed by atoms with E-state index in [0.29, 0.717) is 0 Å². The van der Waals surface area contributed by atoms with Crippen LogP contribution in [0.5, 0.6) is 0 Å². The lowest BCUT2D eigenvalue weighted by molar-refractivity contribution is 0.0696. The summed E-state index contributed by atoms with van der Waals surface area (Å²) in [7, 11) is 0. The standard InChI is InChI=1S/C7H5FO2/c8-6-3-1-2-5(4-6)7(9)10/h1-4H,(H,9,10)/i8-1. The van der Waals surface area contributed by atoms with Crippen molar-refractivity contribution in [3.05, 3.63) is 35.6 Å². The van der Waals surface area contributed by atoms with Crippen LogP contribution >= 0.6 is 0 Å². The predicted molar refractivity (Wildman–Crippen MR) is 33.4 cm³/mol. The van der Waals surface area contributed by atoms with Crippen LogP contribution < -0.4 is 0 Å². The van der Waals surface area contributed by atoms with Gasteiger partial charge < -0.3 is 5.11 Å². The monoisotopic (exact) mass is 139 g/mol. The van der Waals surface area contributed by atoms with Crippen LogP contribution in [-0.2, 0) is 0 Å². The summed E-state index contributed by atoms with van der Waals surface area (Å²) < 4.78 is 12.3. The zero-order chi connectivity index (χ0) is 7.56. The molecule has 0 fully saturated rings. The van der Waals surface area contributed by atoms with E-state index in [9.17, 15) is 9.18 Å². The summed E-state index contributed by atoms with van der Waals surface area (Å²) in [6.45, 7) is 0. The van der Waals surface area contributed by atoms with Crippen molar-refractivity contribution in [2.75, 3.05) is 0 Å². The Bertz CT molecular complexity index is 258. The van der Waals surface area contributed by atoms with Crippen molar-refractivity contribution in [3.63, 3.8) is 0 Å². The number of halogens is 1. The first-order chi connectivity index (χ1) is 4.70. The number of rotatable bonds is 1. The lowest BCUT2D eigenvalue weighted by atomic mass is 10.2. The molecule has 0 aromatic heterocycles. The van der Waals surface area contributed by atoms with E-state index in [2.05, 4.69) is 0 Å². The van der Waals surface area contributed by atoms with E-state index in [1.54, 1.807) is 0 Å². The molecule has 0 saturated carbocycles. The third-order valence-corrected chi connectivity index (χ3v) is 1.07. The third kappa shape index (κ3) is 1.31. The summed E-state index contributed by atoms with van der Waals surface area (Å²) in [6, 6.07) is 4.87. The van der Waals surface area contributed by atoms with Gasteiger partial charge in [-0.3, -0.25) is 0 Å². The Labute approximate surface area is 56.9 Å². The van der Waals surface area contributed by atoms with Gasteiger partial charge in [0.25, 0.3) is 0 Å². The van der Waals surface area contributed by atoms with E-state index in [-0.39, 0.29) is 5.56 Å². The average Bonchev–Trinajstić information content (AvgIpc) is 1.88. The molecule has 3 heteroatoms. The molecular formula is C7H5FO2. The van der Waals surface area contributed by atoms with Crippen LogP contribution in [0.3, 0.4) is 0 Å². The van der Waals surface area contributed by atoms with Gasteiger partial charge in [-0.05, 0) is 18.2 Å². The normalized spacial score (nSPS) is 9.30. The van der Waals surface area contributed by atoms with E-state index >= 15 is 0 Å². The smallest absolute Gasteiger partial charge is 0.335 e. The van der Waals surface area contributed by atoms with E-state index in [1.807, 2.05) is 0 Å². The maximum atomic E-state index is 12.3. The zero-order valence-electron chi connectivity index (χ0n) is 5.04. The van der Waals surface area contributed by atoms with Crippen molar-refractivity contribution >= 4 is 5.97 Å². The van der Waals surface area contributed by atoms with Crippen molar-refractivity contribution < 1.29 is 14.3 Å². The lowest BCUT2D eigenvalue weighted by Gasteiger charge is -1.91. The molecule has 0 amide bonds. The topological polar surface area (TPSA) is 37.3 Å². The Morgan fingerprint density at radius 3 is 2.60 bits per heavy atom. The van der Waals surface area contributed by atoms with E-state index in [4.69, 9.17) is 5.11 Å². The van der Waals surface area contributed by atoms with Gasteiger partial charge in [-0.2, -0.15) is 0 Å². The van der Waals surface area contributed by atoms with E-state index in [0.717, 1.165) is 6.07 Å². The number of carboxylic acid groups (broad SMARTS) is 1. The van der Waals surface area contributed by atoms with Gasteiger partial charge in [-0.1, -0.05) is 6.07 Å². The molecule has 0 aliphatic carbocycles. The first kappa shape index (κ1) is 6.74. The molecule has 2 nitrogen and oxygen atoms in total. The van der Waals surface area contributed by atoms with Crippen molar-refractivity contribution in [2.24, 2.45) is 0 Å². The number of carboxylic acids is 1. The van der Waals surface area contributed by atoms with Crippen molar-refractivity contribution in [1.82, 2.24) is 0 Å². The number of benzene rings is 1. The van der Waals surface area contributed by atoms with Gasteiger partial charge in [0.1, 0.15) is 5.82 Å². The van der Waals surface area contributed by atoms with Gasteiger partial charge in [-0.25, -0.2) is 9.18 Å². The quantitative estimate of drug-likeness (QED) is 0.640. The summed E-state index contributed by atoms with van der Waals surface area (Å²) in [5.74, 6) is -1.64. The van der Waals surface area contributed by atoms with Crippen LogP contribution in [0.1, 0.15) is 10.4 Å². The second-order valence-electron chi connectivity index (χ2n) is 1.82. The number of carbonyl (C=O) groups is 1. The Morgan fingerprint density at radius 1 is 1.50 bits per heavy atom. The van der Waals surface area contributed by atoms with Crippen molar-refractivity contribution in [2.45, 2.75) is 0 Å². The van der Waals surface area contributed by atoms with Crippen LogP contribution in [0.25, 0.3) is 0 Å². The number of hydrogen-bond donors (Lipinski definition) is 1.